The van der Waals surface area contributed by atoms with Crippen LogP contribution in [0.25, 0.3) is 10.9 Å². The Kier molecular flexibility index (Phi) is 6.07. The van der Waals surface area contributed by atoms with Gasteiger partial charge in [-0.2, -0.15) is 0 Å². The van der Waals surface area contributed by atoms with Crippen LogP contribution in [-0.2, 0) is 6.42 Å². The molecule has 2 heterocycles. The number of benzene rings is 3. The molecule has 1 aromatic heterocycles. The van der Waals surface area contributed by atoms with Crippen LogP contribution < -0.4 is 14.2 Å². The quantitative estimate of drug-likeness (QED) is 0.363. The van der Waals surface area contributed by atoms with E-state index in [1.54, 1.807) is 36.3 Å². The minimum atomic E-state index is -0.411. The van der Waals surface area contributed by atoms with Crippen molar-refractivity contribution in [3.63, 3.8) is 0 Å². The van der Waals surface area contributed by atoms with Gasteiger partial charge in [-0.1, -0.05) is 23.7 Å². The Morgan fingerprint density at radius 3 is 2.44 bits per heavy atom. The second-order valence-electron chi connectivity index (χ2n) is 8.10. The monoisotopic (exact) mass is 476 g/mol. The van der Waals surface area contributed by atoms with Crippen molar-refractivity contribution in [1.82, 2.24) is 9.88 Å². The highest BCUT2D eigenvalue weighted by Gasteiger charge is 2.35. The number of H-pyrrole nitrogens is 1. The topological polar surface area (TPSA) is 63.8 Å². The van der Waals surface area contributed by atoms with Crippen molar-refractivity contribution in [1.29, 1.82) is 0 Å². The Hall–Kier alpha value is -3.64. The van der Waals surface area contributed by atoms with Gasteiger partial charge >= 0.3 is 6.09 Å². The van der Waals surface area contributed by atoms with Gasteiger partial charge in [0.25, 0.3) is 0 Å². The Bertz CT molecular complexity index is 1320. The number of aromatic nitrogens is 1. The molecule has 5 rings (SSSR count). The molecule has 1 N–H and O–H groups in total. The fourth-order valence-electron chi connectivity index (χ4n) is 4.52. The van der Waals surface area contributed by atoms with Crippen LogP contribution in [0, 0.1) is 0 Å². The number of carbonyl (C=O) groups excluding carboxylic acids is 1. The summed E-state index contributed by atoms with van der Waals surface area (Å²) in [4.78, 5) is 18.7. The lowest BCUT2D eigenvalue weighted by molar-refractivity contribution is 0.135. The number of ether oxygens (including phenoxy) is 3. The van der Waals surface area contributed by atoms with E-state index in [2.05, 4.69) is 4.98 Å². The van der Waals surface area contributed by atoms with Crippen LogP contribution in [0.3, 0.4) is 0 Å². The highest BCUT2D eigenvalue weighted by atomic mass is 35.5. The standard InChI is InChI=1S/C27H25ClN2O4/c1-3-33-20-7-4-17(5-8-20)26-25-22(23-16-18(28)6-13-24(23)29-25)14-15-30(26)27(31)34-21-11-9-19(32-2)10-12-21/h4-13,16,26,29H,3,14-15H2,1-2H3. The predicted octanol–water partition coefficient (Wildman–Crippen LogP) is 6.38. The first kappa shape index (κ1) is 22.2. The molecule has 1 amide bonds. The van der Waals surface area contributed by atoms with Gasteiger partial charge in [0.05, 0.1) is 13.7 Å². The molecule has 174 valence electrons. The molecule has 0 saturated carbocycles. The molecule has 0 spiro atoms. The number of fused-ring (bicyclic) bond motifs is 3. The molecule has 0 aliphatic carbocycles. The van der Waals surface area contributed by atoms with Crippen molar-refractivity contribution in [2.24, 2.45) is 0 Å². The number of halogens is 1. The van der Waals surface area contributed by atoms with Gasteiger partial charge in [-0.25, -0.2) is 4.79 Å². The van der Waals surface area contributed by atoms with Crippen molar-refractivity contribution >= 4 is 28.6 Å². The van der Waals surface area contributed by atoms with Gasteiger partial charge in [-0.15, -0.1) is 0 Å². The van der Waals surface area contributed by atoms with Crippen molar-refractivity contribution < 1.29 is 19.0 Å². The fraction of sp³-hybridized carbons (Fsp3) is 0.222. The molecular formula is C27H25ClN2O4. The third-order valence-corrected chi connectivity index (χ3v) is 6.33. The third-order valence-electron chi connectivity index (χ3n) is 6.09. The van der Waals surface area contributed by atoms with Crippen LogP contribution in [0.1, 0.15) is 29.8 Å². The molecule has 4 aromatic rings. The van der Waals surface area contributed by atoms with Crippen molar-refractivity contribution in [2.45, 2.75) is 19.4 Å². The lowest BCUT2D eigenvalue weighted by Gasteiger charge is -2.35. The zero-order chi connectivity index (χ0) is 23.7. The molecule has 3 aromatic carbocycles. The summed E-state index contributed by atoms with van der Waals surface area (Å²) in [7, 11) is 1.60. The van der Waals surface area contributed by atoms with Crippen molar-refractivity contribution in [2.75, 3.05) is 20.3 Å². The summed E-state index contributed by atoms with van der Waals surface area (Å²) < 4.78 is 16.6. The van der Waals surface area contributed by atoms with Gasteiger partial charge in [0.15, 0.2) is 0 Å². The zero-order valence-corrected chi connectivity index (χ0v) is 19.8. The van der Waals surface area contributed by atoms with E-state index in [-0.39, 0.29) is 6.04 Å². The largest absolute Gasteiger partial charge is 0.497 e. The van der Waals surface area contributed by atoms with Gasteiger partial charge < -0.3 is 19.2 Å². The third kappa shape index (κ3) is 4.17. The molecule has 1 aliphatic rings. The minimum Gasteiger partial charge on any atom is -0.497 e. The Morgan fingerprint density at radius 2 is 1.74 bits per heavy atom. The molecular weight excluding hydrogens is 452 g/mol. The lowest BCUT2D eigenvalue weighted by Crippen LogP contribution is -2.42. The molecule has 0 saturated heterocycles. The van der Waals surface area contributed by atoms with Gasteiger partial charge in [-0.05, 0) is 79.1 Å². The summed E-state index contributed by atoms with van der Waals surface area (Å²) in [6, 6.07) is 20.3. The average molecular weight is 477 g/mol. The Balaban J connectivity index is 1.53. The van der Waals surface area contributed by atoms with Crippen molar-refractivity contribution in [3.05, 3.63) is 88.6 Å². The molecule has 0 bridgehead atoms. The van der Waals surface area contributed by atoms with Crippen molar-refractivity contribution in [3.8, 4) is 17.2 Å². The SMILES string of the molecule is CCOc1ccc(C2c3[nH]c4ccc(Cl)cc4c3CCN2C(=O)Oc2ccc(OC)cc2)cc1. The second-order valence-corrected chi connectivity index (χ2v) is 8.54. The van der Waals surface area contributed by atoms with E-state index < -0.39 is 6.09 Å². The normalized spacial score (nSPS) is 15.1. The van der Waals surface area contributed by atoms with E-state index in [0.717, 1.165) is 27.9 Å². The van der Waals surface area contributed by atoms with Crippen LogP contribution in [0.5, 0.6) is 17.2 Å². The van der Waals surface area contributed by atoms with Gasteiger partial charge in [0.1, 0.15) is 23.3 Å². The summed E-state index contributed by atoms with van der Waals surface area (Å²) in [6.45, 7) is 3.06. The summed E-state index contributed by atoms with van der Waals surface area (Å²) >= 11 is 6.29. The van der Waals surface area contributed by atoms with Crippen LogP contribution in [0.4, 0.5) is 4.79 Å². The maximum atomic E-state index is 13.4. The van der Waals surface area contributed by atoms with Gasteiger partial charge in [0, 0.05) is 28.2 Å². The van der Waals surface area contributed by atoms with E-state index in [1.165, 1.54) is 5.56 Å². The molecule has 1 atom stereocenters. The number of hydrogen-bond acceptors (Lipinski definition) is 4. The minimum absolute atomic E-state index is 0.337. The maximum Gasteiger partial charge on any atom is 0.416 e. The van der Waals surface area contributed by atoms with Crippen LogP contribution in [0.15, 0.2) is 66.7 Å². The molecule has 1 unspecified atom stereocenters. The van der Waals surface area contributed by atoms with Gasteiger partial charge in [0.2, 0.25) is 0 Å². The average Bonchev–Trinajstić information content (AvgIpc) is 3.22. The van der Waals surface area contributed by atoms with E-state index in [9.17, 15) is 4.79 Å². The predicted molar refractivity (Wildman–Crippen MR) is 132 cm³/mol. The molecule has 0 fully saturated rings. The number of nitrogens with zero attached hydrogens (tertiary/aromatic N) is 1. The number of nitrogens with one attached hydrogen (secondary N) is 1. The van der Waals surface area contributed by atoms with Crippen LogP contribution in [-0.4, -0.2) is 36.2 Å². The maximum absolute atomic E-state index is 13.4. The summed E-state index contributed by atoms with van der Waals surface area (Å²) in [6.07, 6.45) is 0.285. The van der Waals surface area contributed by atoms with Crippen LogP contribution in [0.2, 0.25) is 5.02 Å². The smallest absolute Gasteiger partial charge is 0.416 e. The molecule has 1 aliphatic heterocycles. The van der Waals surface area contributed by atoms with E-state index in [1.807, 2.05) is 49.4 Å². The summed E-state index contributed by atoms with van der Waals surface area (Å²) in [5.41, 5.74) is 4.11. The summed E-state index contributed by atoms with van der Waals surface area (Å²) in [5, 5.41) is 1.77. The first-order valence-electron chi connectivity index (χ1n) is 11.2. The molecule has 34 heavy (non-hydrogen) atoms. The second kappa shape index (κ2) is 9.31. The Morgan fingerprint density at radius 1 is 1.03 bits per heavy atom. The van der Waals surface area contributed by atoms with E-state index in [4.69, 9.17) is 25.8 Å². The zero-order valence-electron chi connectivity index (χ0n) is 19.0. The number of rotatable bonds is 5. The first-order chi connectivity index (χ1) is 16.6. The molecule has 0 radical (unpaired) electrons. The Labute approximate surface area is 203 Å². The number of hydrogen-bond donors (Lipinski definition) is 1. The lowest BCUT2D eigenvalue weighted by atomic mass is 9.92. The number of aromatic amines is 1. The van der Waals surface area contributed by atoms with E-state index in [0.29, 0.717) is 36.1 Å². The summed E-state index contributed by atoms with van der Waals surface area (Å²) in [5.74, 6) is 1.95. The van der Waals surface area contributed by atoms with Gasteiger partial charge in [-0.3, -0.25) is 4.90 Å². The highest BCUT2D eigenvalue weighted by molar-refractivity contribution is 6.31. The number of carbonyl (C=O) groups is 1. The first-order valence-corrected chi connectivity index (χ1v) is 11.6. The number of methoxy groups -OCH3 is 1. The highest BCUT2D eigenvalue weighted by Crippen LogP contribution is 2.40. The fourth-order valence-corrected chi connectivity index (χ4v) is 4.69. The van der Waals surface area contributed by atoms with E-state index >= 15 is 0 Å². The number of amides is 1. The molecule has 7 heteroatoms. The molecule has 6 nitrogen and oxygen atoms in total. The van der Waals surface area contributed by atoms with Crippen LogP contribution >= 0.6 is 11.6 Å².